The zero-order valence-electron chi connectivity index (χ0n) is 10.7. The third kappa shape index (κ3) is 2.44. The van der Waals surface area contributed by atoms with Gasteiger partial charge in [0.05, 0.1) is 5.69 Å². The van der Waals surface area contributed by atoms with E-state index >= 15 is 0 Å². The topological polar surface area (TPSA) is 44.9 Å². The smallest absolute Gasteiger partial charge is 0.144 e. The SMILES string of the molecule is Cc1nn(C)c(N2CCCCCCC2)c1C#N. The van der Waals surface area contributed by atoms with Crippen molar-refractivity contribution in [3.8, 4) is 6.07 Å². The maximum absolute atomic E-state index is 9.24. The van der Waals surface area contributed by atoms with E-state index in [0.717, 1.165) is 30.2 Å². The second kappa shape index (κ2) is 5.22. The Labute approximate surface area is 103 Å². The molecule has 0 aliphatic carbocycles. The minimum atomic E-state index is 0.744. The van der Waals surface area contributed by atoms with Crippen molar-refractivity contribution >= 4 is 5.82 Å². The van der Waals surface area contributed by atoms with Crippen molar-refractivity contribution in [2.75, 3.05) is 18.0 Å². The Balaban J connectivity index is 2.28. The normalized spacial score (nSPS) is 17.4. The molecule has 92 valence electrons. The van der Waals surface area contributed by atoms with Crippen LogP contribution in [0.2, 0.25) is 0 Å². The van der Waals surface area contributed by atoms with Gasteiger partial charge >= 0.3 is 0 Å². The van der Waals surface area contributed by atoms with Crippen molar-refractivity contribution in [1.82, 2.24) is 9.78 Å². The van der Waals surface area contributed by atoms with Gasteiger partial charge in [-0.15, -0.1) is 0 Å². The maximum Gasteiger partial charge on any atom is 0.144 e. The number of nitriles is 1. The molecule has 0 amide bonds. The molecular formula is C13H20N4. The van der Waals surface area contributed by atoms with E-state index in [2.05, 4.69) is 16.1 Å². The Morgan fingerprint density at radius 1 is 1.12 bits per heavy atom. The summed E-state index contributed by atoms with van der Waals surface area (Å²) in [5.74, 6) is 1.01. The highest BCUT2D eigenvalue weighted by Crippen LogP contribution is 2.24. The molecule has 2 rings (SSSR count). The van der Waals surface area contributed by atoms with Gasteiger partial charge in [-0.2, -0.15) is 10.4 Å². The molecule has 1 aliphatic rings. The van der Waals surface area contributed by atoms with Gasteiger partial charge in [0, 0.05) is 20.1 Å². The average molecular weight is 232 g/mol. The average Bonchev–Trinajstić information content (AvgIpc) is 2.53. The van der Waals surface area contributed by atoms with Crippen LogP contribution in [0.25, 0.3) is 0 Å². The van der Waals surface area contributed by atoms with E-state index in [1.54, 1.807) is 0 Å². The number of anilines is 1. The molecule has 0 bridgehead atoms. The predicted octanol–water partition coefficient (Wildman–Crippen LogP) is 2.37. The predicted molar refractivity (Wildman–Crippen MR) is 68.0 cm³/mol. The zero-order chi connectivity index (χ0) is 12.3. The highest BCUT2D eigenvalue weighted by Gasteiger charge is 2.19. The van der Waals surface area contributed by atoms with Crippen LogP contribution in [0.1, 0.15) is 43.4 Å². The van der Waals surface area contributed by atoms with E-state index in [1.165, 1.54) is 32.1 Å². The van der Waals surface area contributed by atoms with E-state index in [4.69, 9.17) is 0 Å². The van der Waals surface area contributed by atoms with Crippen molar-refractivity contribution in [2.24, 2.45) is 7.05 Å². The van der Waals surface area contributed by atoms with Crippen LogP contribution in [0.5, 0.6) is 0 Å². The number of aromatic nitrogens is 2. The lowest BCUT2D eigenvalue weighted by molar-refractivity contribution is 0.546. The molecule has 0 unspecified atom stereocenters. The fourth-order valence-corrected chi connectivity index (χ4v) is 2.60. The Morgan fingerprint density at radius 3 is 2.29 bits per heavy atom. The van der Waals surface area contributed by atoms with E-state index in [9.17, 15) is 5.26 Å². The minimum absolute atomic E-state index is 0.744. The van der Waals surface area contributed by atoms with Crippen molar-refractivity contribution in [3.63, 3.8) is 0 Å². The maximum atomic E-state index is 9.24. The molecule has 4 nitrogen and oxygen atoms in total. The van der Waals surface area contributed by atoms with E-state index in [-0.39, 0.29) is 0 Å². The van der Waals surface area contributed by atoms with Crippen LogP contribution < -0.4 is 4.90 Å². The fourth-order valence-electron chi connectivity index (χ4n) is 2.60. The van der Waals surface area contributed by atoms with Gasteiger partial charge in [0.15, 0.2) is 0 Å². The molecule has 1 aliphatic heterocycles. The second-order valence-electron chi connectivity index (χ2n) is 4.77. The molecule has 0 N–H and O–H groups in total. The van der Waals surface area contributed by atoms with Crippen LogP contribution in [-0.4, -0.2) is 22.9 Å². The van der Waals surface area contributed by atoms with E-state index < -0.39 is 0 Å². The van der Waals surface area contributed by atoms with Crippen LogP contribution in [0.15, 0.2) is 0 Å². The quantitative estimate of drug-likeness (QED) is 0.746. The molecule has 1 fully saturated rings. The first kappa shape index (κ1) is 12.0. The first-order valence-electron chi connectivity index (χ1n) is 6.42. The minimum Gasteiger partial charge on any atom is -0.356 e. The summed E-state index contributed by atoms with van der Waals surface area (Å²) in [6.45, 7) is 4.01. The van der Waals surface area contributed by atoms with Gasteiger partial charge < -0.3 is 4.90 Å². The Bertz CT molecular complexity index is 419. The summed E-state index contributed by atoms with van der Waals surface area (Å²) in [6.07, 6.45) is 6.39. The van der Waals surface area contributed by atoms with Crippen LogP contribution in [0, 0.1) is 18.3 Å². The molecule has 1 aromatic heterocycles. The summed E-state index contributed by atoms with van der Waals surface area (Å²) in [4.78, 5) is 2.33. The van der Waals surface area contributed by atoms with Crippen molar-refractivity contribution in [1.29, 1.82) is 5.26 Å². The summed E-state index contributed by atoms with van der Waals surface area (Å²) >= 11 is 0. The monoisotopic (exact) mass is 232 g/mol. The van der Waals surface area contributed by atoms with Crippen LogP contribution in [0.3, 0.4) is 0 Å². The highest BCUT2D eigenvalue weighted by molar-refractivity contribution is 5.56. The lowest BCUT2D eigenvalue weighted by atomic mass is 10.1. The Kier molecular flexibility index (Phi) is 3.68. The zero-order valence-corrected chi connectivity index (χ0v) is 10.7. The molecule has 0 atom stereocenters. The lowest BCUT2D eigenvalue weighted by Crippen LogP contribution is -2.29. The van der Waals surface area contributed by atoms with E-state index in [0.29, 0.717) is 0 Å². The lowest BCUT2D eigenvalue weighted by Gasteiger charge is -2.26. The fraction of sp³-hybridized carbons (Fsp3) is 0.692. The molecule has 2 heterocycles. The summed E-state index contributed by atoms with van der Waals surface area (Å²) in [6, 6.07) is 2.29. The first-order valence-corrected chi connectivity index (χ1v) is 6.42. The summed E-state index contributed by atoms with van der Waals surface area (Å²) in [5, 5.41) is 13.6. The van der Waals surface area contributed by atoms with Gasteiger partial charge in [-0.05, 0) is 19.8 Å². The van der Waals surface area contributed by atoms with Gasteiger partial charge in [0.25, 0.3) is 0 Å². The largest absolute Gasteiger partial charge is 0.356 e. The Morgan fingerprint density at radius 2 is 1.71 bits per heavy atom. The number of rotatable bonds is 1. The van der Waals surface area contributed by atoms with Gasteiger partial charge in [0.2, 0.25) is 0 Å². The molecule has 4 heteroatoms. The first-order chi connectivity index (χ1) is 8.24. The summed E-state index contributed by atoms with van der Waals surface area (Å²) < 4.78 is 1.86. The van der Waals surface area contributed by atoms with Crippen LogP contribution in [-0.2, 0) is 7.05 Å². The number of hydrogen-bond donors (Lipinski definition) is 0. The van der Waals surface area contributed by atoms with Crippen LogP contribution in [0.4, 0.5) is 5.82 Å². The molecule has 1 saturated heterocycles. The van der Waals surface area contributed by atoms with Crippen LogP contribution >= 0.6 is 0 Å². The molecule has 17 heavy (non-hydrogen) atoms. The summed E-state index contributed by atoms with van der Waals surface area (Å²) in [7, 11) is 1.93. The van der Waals surface area contributed by atoms with E-state index in [1.807, 2.05) is 18.7 Å². The second-order valence-corrected chi connectivity index (χ2v) is 4.77. The van der Waals surface area contributed by atoms with Crippen molar-refractivity contribution < 1.29 is 0 Å². The molecule has 0 saturated carbocycles. The van der Waals surface area contributed by atoms with Crippen molar-refractivity contribution in [2.45, 2.75) is 39.0 Å². The van der Waals surface area contributed by atoms with Gasteiger partial charge in [-0.1, -0.05) is 19.3 Å². The standard InChI is InChI=1S/C13H20N4/c1-11-12(10-14)13(16(2)15-11)17-8-6-4-3-5-7-9-17/h3-9H2,1-2H3. The number of aryl methyl sites for hydroxylation is 2. The number of hydrogen-bond acceptors (Lipinski definition) is 3. The van der Waals surface area contributed by atoms with Gasteiger partial charge in [0.1, 0.15) is 17.5 Å². The molecule has 0 spiro atoms. The summed E-state index contributed by atoms with van der Waals surface area (Å²) in [5.41, 5.74) is 1.58. The van der Waals surface area contributed by atoms with Crippen molar-refractivity contribution in [3.05, 3.63) is 11.3 Å². The Hall–Kier alpha value is -1.50. The van der Waals surface area contributed by atoms with Gasteiger partial charge in [-0.3, -0.25) is 4.68 Å². The molecular weight excluding hydrogens is 212 g/mol. The van der Waals surface area contributed by atoms with Gasteiger partial charge in [-0.25, -0.2) is 0 Å². The number of nitrogens with zero attached hydrogens (tertiary/aromatic N) is 4. The third-order valence-corrected chi connectivity index (χ3v) is 3.46. The third-order valence-electron chi connectivity index (χ3n) is 3.46. The molecule has 0 radical (unpaired) electrons. The molecule has 0 aromatic carbocycles. The highest BCUT2D eigenvalue weighted by atomic mass is 15.4. The molecule has 1 aromatic rings.